The fourth-order valence-corrected chi connectivity index (χ4v) is 3.94. The maximum atomic E-state index is 2.66. The molecule has 2 aromatic carbocycles. The van der Waals surface area contributed by atoms with Crippen LogP contribution in [0.5, 0.6) is 0 Å². The average Bonchev–Trinajstić information content (AvgIpc) is 2.54. The summed E-state index contributed by atoms with van der Waals surface area (Å²) >= 11 is 0. The maximum absolute atomic E-state index is 2.66. The van der Waals surface area contributed by atoms with Crippen molar-refractivity contribution in [3.63, 3.8) is 0 Å². The van der Waals surface area contributed by atoms with E-state index in [1.807, 2.05) is 0 Å². The van der Waals surface area contributed by atoms with E-state index < -0.39 is 0 Å². The van der Waals surface area contributed by atoms with Crippen LogP contribution in [0, 0.1) is 0 Å². The van der Waals surface area contributed by atoms with E-state index in [1.165, 1.54) is 49.9 Å². The number of rotatable bonds is 1. The smallest absolute Gasteiger partial charge is 0.0545 e. The van der Waals surface area contributed by atoms with Crippen LogP contribution in [-0.4, -0.2) is 6.54 Å². The zero-order valence-corrected chi connectivity index (χ0v) is 11.9. The molecule has 2 aliphatic rings. The quantitative estimate of drug-likeness (QED) is 0.731. The molecule has 1 heteroatoms. The van der Waals surface area contributed by atoms with Gasteiger partial charge >= 0.3 is 0 Å². The van der Waals surface area contributed by atoms with Gasteiger partial charge in [0.2, 0.25) is 0 Å². The second-order valence-corrected chi connectivity index (χ2v) is 6.03. The van der Waals surface area contributed by atoms with Gasteiger partial charge in [-0.1, -0.05) is 42.5 Å². The molecule has 1 nitrogen and oxygen atoms in total. The third-order valence-corrected chi connectivity index (χ3v) is 4.86. The predicted octanol–water partition coefficient (Wildman–Crippen LogP) is 4.52. The van der Waals surface area contributed by atoms with E-state index in [0.717, 1.165) is 0 Å². The summed E-state index contributed by atoms with van der Waals surface area (Å²) in [6, 6.07) is 18.6. The van der Waals surface area contributed by atoms with E-state index in [4.69, 9.17) is 0 Å². The minimum atomic E-state index is 0.585. The minimum absolute atomic E-state index is 0.585. The fourth-order valence-electron chi connectivity index (χ4n) is 3.94. The monoisotopic (exact) mass is 263 g/mol. The summed E-state index contributed by atoms with van der Waals surface area (Å²) in [5.74, 6) is 0. The van der Waals surface area contributed by atoms with Crippen molar-refractivity contribution < 1.29 is 0 Å². The van der Waals surface area contributed by atoms with Gasteiger partial charge in [0.15, 0.2) is 0 Å². The van der Waals surface area contributed by atoms with Gasteiger partial charge in [0, 0.05) is 12.2 Å². The van der Waals surface area contributed by atoms with Crippen LogP contribution in [0.25, 0.3) is 0 Å². The first-order chi connectivity index (χ1) is 9.93. The summed E-state index contributed by atoms with van der Waals surface area (Å²) in [6.07, 6.45) is 6.39. The number of nitrogens with zero attached hydrogens (tertiary/aromatic N) is 1. The third kappa shape index (κ3) is 1.93. The van der Waals surface area contributed by atoms with Gasteiger partial charge in [-0.3, -0.25) is 0 Å². The van der Waals surface area contributed by atoms with E-state index in [0.29, 0.717) is 6.04 Å². The second kappa shape index (κ2) is 4.97. The van der Waals surface area contributed by atoms with Crippen molar-refractivity contribution in [1.82, 2.24) is 0 Å². The van der Waals surface area contributed by atoms with Gasteiger partial charge < -0.3 is 4.90 Å². The van der Waals surface area contributed by atoms with Gasteiger partial charge in [-0.15, -0.1) is 0 Å². The molecule has 4 rings (SSSR count). The van der Waals surface area contributed by atoms with Crippen LogP contribution in [0.4, 0.5) is 5.69 Å². The molecule has 1 atom stereocenters. The third-order valence-electron chi connectivity index (χ3n) is 4.86. The Morgan fingerprint density at radius 2 is 1.55 bits per heavy atom. The maximum Gasteiger partial charge on any atom is 0.0545 e. The van der Waals surface area contributed by atoms with Crippen LogP contribution >= 0.6 is 0 Å². The van der Waals surface area contributed by atoms with Crippen LogP contribution in [0.2, 0.25) is 0 Å². The first-order valence-electron chi connectivity index (χ1n) is 7.86. The molecule has 1 aliphatic carbocycles. The molecule has 0 fully saturated rings. The minimum Gasteiger partial charge on any atom is -0.364 e. The standard InChI is InChI=1S/C19H21N/c1-3-11-17-15(7-1)9-5-13-19(17)20-14-6-10-16-8-2-4-12-18(16)20/h1-4,7-8,11-12,19H,5-6,9-10,13-14H2. The lowest BCUT2D eigenvalue weighted by Crippen LogP contribution is -2.35. The number of hydrogen-bond donors (Lipinski definition) is 0. The number of fused-ring (bicyclic) bond motifs is 2. The molecular weight excluding hydrogens is 242 g/mol. The Hall–Kier alpha value is -1.76. The summed E-state index contributed by atoms with van der Waals surface area (Å²) in [4.78, 5) is 2.66. The van der Waals surface area contributed by atoms with Gasteiger partial charge in [0.05, 0.1) is 6.04 Å². The Labute approximate surface area is 121 Å². The number of benzene rings is 2. The summed E-state index contributed by atoms with van der Waals surface area (Å²) in [5.41, 5.74) is 6.13. The van der Waals surface area contributed by atoms with Crippen molar-refractivity contribution in [1.29, 1.82) is 0 Å². The number of aryl methyl sites for hydroxylation is 2. The first-order valence-corrected chi connectivity index (χ1v) is 7.86. The largest absolute Gasteiger partial charge is 0.364 e. The lowest BCUT2D eigenvalue weighted by atomic mass is 9.85. The summed E-state index contributed by atoms with van der Waals surface area (Å²) in [7, 11) is 0. The van der Waals surface area contributed by atoms with Crippen molar-refractivity contribution in [3.8, 4) is 0 Å². The Kier molecular flexibility index (Phi) is 2.99. The highest BCUT2D eigenvalue weighted by atomic mass is 15.2. The van der Waals surface area contributed by atoms with Crippen LogP contribution in [0.15, 0.2) is 48.5 Å². The average molecular weight is 263 g/mol. The van der Waals surface area contributed by atoms with Crippen molar-refractivity contribution in [2.75, 3.05) is 11.4 Å². The van der Waals surface area contributed by atoms with E-state index >= 15 is 0 Å². The molecule has 0 radical (unpaired) electrons. The highest BCUT2D eigenvalue weighted by Crippen LogP contribution is 2.40. The Bertz CT molecular complexity index is 561. The van der Waals surface area contributed by atoms with Gasteiger partial charge in [-0.2, -0.15) is 0 Å². The molecule has 0 N–H and O–H groups in total. The number of anilines is 1. The van der Waals surface area contributed by atoms with E-state index in [1.54, 1.807) is 11.1 Å². The van der Waals surface area contributed by atoms with Crippen LogP contribution in [0.3, 0.4) is 0 Å². The zero-order chi connectivity index (χ0) is 13.4. The Balaban J connectivity index is 1.77. The highest BCUT2D eigenvalue weighted by molar-refractivity contribution is 5.57. The fraction of sp³-hybridized carbons (Fsp3) is 0.368. The lowest BCUT2D eigenvalue weighted by molar-refractivity contribution is 0.504. The highest BCUT2D eigenvalue weighted by Gasteiger charge is 2.28. The molecule has 102 valence electrons. The van der Waals surface area contributed by atoms with Gasteiger partial charge in [0.25, 0.3) is 0 Å². The molecular formula is C19H21N. The van der Waals surface area contributed by atoms with Crippen molar-refractivity contribution in [2.24, 2.45) is 0 Å². The molecule has 0 bridgehead atoms. The molecule has 0 saturated carbocycles. The van der Waals surface area contributed by atoms with Crippen molar-refractivity contribution in [2.45, 2.75) is 38.1 Å². The van der Waals surface area contributed by atoms with Crippen LogP contribution in [0.1, 0.15) is 42.0 Å². The summed E-state index contributed by atoms with van der Waals surface area (Å²) < 4.78 is 0. The molecule has 0 saturated heterocycles. The summed E-state index contributed by atoms with van der Waals surface area (Å²) in [5, 5.41) is 0. The van der Waals surface area contributed by atoms with Crippen LogP contribution < -0.4 is 4.90 Å². The van der Waals surface area contributed by atoms with E-state index in [9.17, 15) is 0 Å². The zero-order valence-electron chi connectivity index (χ0n) is 11.9. The molecule has 1 unspecified atom stereocenters. The number of para-hydroxylation sites is 1. The topological polar surface area (TPSA) is 3.24 Å². The second-order valence-electron chi connectivity index (χ2n) is 6.03. The normalized spacial score (nSPS) is 21.2. The van der Waals surface area contributed by atoms with Gasteiger partial charge in [-0.25, -0.2) is 0 Å². The predicted molar refractivity (Wildman–Crippen MR) is 84.2 cm³/mol. The van der Waals surface area contributed by atoms with E-state index in [2.05, 4.69) is 53.4 Å². The molecule has 1 heterocycles. The molecule has 0 amide bonds. The molecule has 1 aliphatic heterocycles. The van der Waals surface area contributed by atoms with E-state index in [-0.39, 0.29) is 0 Å². The molecule has 20 heavy (non-hydrogen) atoms. The van der Waals surface area contributed by atoms with Gasteiger partial charge in [0.1, 0.15) is 0 Å². The first kappa shape index (κ1) is 12.0. The SMILES string of the molecule is c1ccc2c(c1)CCCC2N1CCCc2ccccc21. The Morgan fingerprint density at radius 3 is 2.50 bits per heavy atom. The van der Waals surface area contributed by atoms with Gasteiger partial charge in [-0.05, 0) is 54.9 Å². The van der Waals surface area contributed by atoms with Crippen molar-refractivity contribution >= 4 is 5.69 Å². The van der Waals surface area contributed by atoms with Crippen molar-refractivity contribution in [3.05, 3.63) is 65.2 Å². The number of hydrogen-bond acceptors (Lipinski definition) is 1. The molecule has 0 spiro atoms. The summed E-state index contributed by atoms with van der Waals surface area (Å²) in [6.45, 7) is 1.20. The lowest BCUT2D eigenvalue weighted by Gasteiger charge is -2.41. The molecule has 2 aromatic rings. The molecule has 0 aromatic heterocycles. The Morgan fingerprint density at radius 1 is 0.800 bits per heavy atom. The van der Waals surface area contributed by atoms with Crippen LogP contribution in [-0.2, 0) is 12.8 Å².